The number of rotatable bonds is 6. The molecule has 0 aliphatic carbocycles. The van der Waals surface area contributed by atoms with Gasteiger partial charge in [-0.15, -0.1) is 0 Å². The number of carboxylic acids is 1. The number of aliphatic imine (C=N–C) groups is 1. The van der Waals surface area contributed by atoms with Crippen LogP contribution in [-0.4, -0.2) is 38.2 Å². The number of anilines is 1. The van der Waals surface area contributed by atoms with E-state index in [1.165, 1.54) is 28.8 Å². The Morgan fingerprint density at radius 2 is 1.69 bits per heavy atom. The quantitative estimate of drug-likeness (QED) is 0.418. The molecule has 2 N–H and O–H groups in total. The number of carboxylic acid groups (broad SMARTS) is 1. The van der Waals surface area contributed by atoms with E-state index >= 15 is 0 Å². The summed E-state index contributed by atoms with van der Waals surface area (Å²) < 4.78 is 0. The molecular formula is C25H19Cl2N3O4S. The molecule has 1 saturated heterocycles. The minimum absolute atomic E-state index is 0.0393. The summed E-state index contributed by atoms with van der Waals surface area (Å²) in [5.74, 6) is -1.77. The molecule has 3 aromatic carbocycles. The van der Waals surface area contributed by atoms with Crippen LogP contribution in [-0.2, 0) is 16.1 Å². The Hall–Kier alpha value is -3.33. The van der Waals surface area contributed by atoms with Gasteiger partial charge < -0.3 is 10.4 Å². The van der Waals surface area contributed by atoms with E-state index in [9.17, 15) is 19.5 Å². The summed E-state index contributed by atoms with van der Waals surface area (Å²) in [7, 11) is 0. The predicted molar refractivity (Wildman–Crippen MR) is 139 cm³/mol. The Balaban J connectivity index is 1.59. The summed E-state index contributed by atoms with van der Waals surface area (Å²) in [5, 5.41) is 12.7. The third-order valence-electron chi connectivity index (χ3n) is 5.11. The lowest BCUT2D eigenvalue weighted by atomic mass is 10.1. The first-order valence-corrected chi connectivity index (χ1v) is 12.1. The molecule has 0 aromatic heterocycles. The SMILES string of the molecule is O=C(O)c1cccc(NC(=O)C2CC(=O)N(Cc3ccc(Cl)cc3)C(=Nc3ccc(Cl)cc3)S2)c1. The zero-order valence-corrected chi connectivity index (χ0v) is 20.5. The summed E-state index contributed by atoms with van der Waals surface area (Å²) in [4.78, 5) is 43.6. The van der Waals surface area contributed by atoms with Crippen LogP contribution in [0, 0.1) is 0 Å². The molecule has 178 valence electrons. The van der Waals surface area contributed by atoms with Crippen molar-refractivity contribution in [1.82, 2.24) is 4.90 Å². The maximum atomic E-state index is 13.2. The van der Waals surface area contributed by atoms with E-state index < -0.39 is 17.1 Å². The van der Waals surface area contributed by atoms with E-state index in [0.717, 1.165) is 5.56 Å². The normalized spacial score (nSPS) is 16.9. The molecule has 0 bridgehead atoms. The zero-order chi connectivity index (χ0) is 24.9. The van der Waals surface area contributed by atoms with Crippen molar-refractivity contribution < 1.29 is 19.5 Å². The highest BCUT2D eigenvalue weighted by Crippen LogP contribution is 2.31. The predicted octanol–water partition coefficient (Wildman–Crippen LogP) is 5.85. The second-order valence-corrected chi connectivity index (χ2v) is 9.71. The smallest absolute Gasteiger partial charge is 0.335 e. The fourth-order valence-corrected chi connectivity index (χ4v) is 4.70. The van der Waals surface area contributed by atoms with Gasteiger partial charge in [-0.2, -0.15) is 0 Å². The van der Waals surface area contributed by atoms with Crippen molar-refractivity contribution in [1.29, 1.82) is 0 Å². The first-order chi connectivity index (χ1) is 16.8. The highest BCUT2D eigenvalue weighted by Gasteiger charge is 2.36. The molecule has 0 radical (unpaired) electrons. The van der Waals surface area contributed by atoms with E-state index in [-0.39, 0.29) is 24.4 Å². The number of hydrogen-bond donors (Lipinski definition) is 2. The molecule has 7 nitrogen and oxygen atoms in total. The van der Waals surface area contributed by atoms with Gasteiger partial charge in [0.05, 0.1) is 17.8 Å². The van der Waals surface area contributed by atoms with Gasteiger partial charge in [-0.1, -0.05) is 53.2 Å². The first kappa shape index (κ1) is 24.8. The van der Waals surface area contributed by atoms with Gasteiger partial charge in [-0.05, 0) is 60.2 Å². The molecule has 2 amide bonds. The molecule has 1 atom stereocenters. The van der Waals surface area contributed by atoms with Crippen molar-refractivity contribution in [3.05, 3.63) is 94.0 Å². The number of halogens is 2. The largest absolute Gasteiger partial charge is 0.478 e. The fraction of sp³-hybridized carbons (Fsp3) is 0.120. The lowest BCUT2D eigenvalue weighted by Gasteiger charge is -2.32. The lowest BCUT2D eigenvalue weighted by molar-refractivity contribution is -0.129. The monoisotopic (exact) mass is 527 g/mol. The third kappa shape index (κ3) is 6.42. The fourth-order valence-electron chi connectivity index (χ4n) is 3.35. The molecule has 1 fully saturated rings. The Labute approximate surface area is 215 Å². The minimum Gasteiger partial charge on any atom is -0.478 e. The number of benzene rings is 3. The van der Waals surface area contributed by atoms with Gasteiger partial charge in [0.25, 0.3) is 0 Å². The van der Waals surface area contributed by atoms with E-state index in [4.69, 9.17) is 23.2 Å². The maximum Gasteiger partial charge on any atom is 0.335 e. The molecular weight excluding hydrogens is 509 g/mol. The molecule has 3 aromatic rings. The average molecular weight is 528 g/mol. The molecule has 1 heterocycles. The third-order valence-corrected chi connectivity index (χ3v) is 6.81. The molecule has 4 rings (SSSR count). The maximum absolute atomic E-state index is 13.2. The summed E-state index contributed by atoms with van der Waals surface area (Å²) in [5.41, 5.74) is 1.83. The second-order valence-electron chi connectivity index (χ2n) is 7.66. The van der Waals surface area contributed by atoms with E-state index in [1.807, 2.05) is 12.1 Å². The Morgan fingerprint density at radius 1 is 1.03 bits per heavy atom. The number of amides is 2. The Bertz CT molecular complexity index is 1300. The number of hydrogen-bond acceptors (Lipinski definition) is 5. The van der Waals surface area contributed by atoms with Crippen LogP contribution in [0.2, 0.25) is 10.0 Å². The van der Waals surface area contributed by atoms with Gasteiger partial charge in [0.1, 0.15) is 5.25 Å². The van der Waals surface area contributed by atoms with Gasteiger partial charge in [-0.3, -0.25) is 14.5 Å². The van der Waals surface area contributed by atoms with Crippen LogP contribution in [0.25, 0.3) is 0 Å². The van der Waals surface area contributed by atoms with Crippen molar-refractivity contribution in [2.75, 3.05) is 5.32 Å². The van der Waals surface area contributed by atoms with Gasteiger partial charge in [-0.25, -0.2) is 9.79 Å². The number of amidine groups is 1. The first-order valence-electron chi connectivity index (χ1n) is 10.5. The van der Waals surface area contributed by atoms with E-state index in [0.29, 0.717) is 26.6 Å². The van der Waals surface area contributed by atoms with Gasteiger partial charge >= 0.3 is 5.97 Å². The number of thioether (sulfide) groups is 1. The van der Waals surface area contributed by atoms with Crippen LogP contribution in [0.1, 0.15) is 22.3 Å². The molecule has 0 saturated carbocycles. The number of aromatic carboxylic acids is 1. The van der Waals surface area contributed by atoms with Crippen LogP contribution >= 0.6 is 35.0 Å². The Morgan fingerprint density at radius 3 is 2.34 bits per heavy atom. The summed E-state index contributed by atoms with van der Waals surface area (Å²) >= 11 is 13.1. The summed E-state index contributed by atoms with van der Waals surface area (Å²) in [6, 6.07) is 19.9. The van der Waals surface area contributed by atoms with E-state index in [1.54, 1.807) is 48.5 Å². The van der Waals surface area contributed by atoms with E-state index in [2.05, 4.69) is 10.3 Å². The van der Waals surface area contributed by atoms with Crippen molar-refractivity contribution in [2.24, 2.45) is 4.99 Å². The second kappa shape index (κ2) is 10.9. The van der Waals surface area contributed by atoms with Crippen molar-refractivity contribution in [3.8, 4) is 0 Å². The van der Waals surface area contributed by atoms with Gasteiger partial charge in [0, 0.05) is 22.2 Å². The van der Waals surface area contributed by atoms with Gasteiger partial charge in [0.2, 0.25) is 11.8 Å². The van der Waals surface area contributed by atoms with Crippen molar-refractivity contribution in [2.45, 2.75) is 18.2 Å². The topological polar surface area (TPSA) is 99.1 Å². The minimum atomic E-state index is -1.10. The zero-order valence-electron chi connectivity index (χ0n) is 18.2. The molecule has 10 heteroatoms. The van der Waals surface area contributed by atoms with Crippen LogP contribution in [0.3, 0.4) is 0 Å². The molecule has 35 heavy (non-hydrogen) atoms. The highest BCUT2D eigenvalue weighted by molar-refractivity contribution is 8.15. The molecule has 0 spiro atoms. The highest BCUT2D eigenvalue weighted by atomic mass is 35.5. The van der Waals surface area contributed by atoms with Crippen LogP contribution in [0.15, 0.2) is 77.8 Å². The Kier molecular flexibility index (Phi) is 7.75. The number of carbonyl (C=O) groups is 3. The van der Waals surface area contributed by atoms with Crippen molar-refractivity contribution >= 4 is 69.3 Å². The van der Waals surface area contributed by atoms with Crippen LogP contribution < -0.4 is 5.32 Å². The lowest BCUT2D eigenvalue weighted by Crippen LogP contribution is -2.44. The molecule has 1 aliphatic heterocycles. The summed E-state index contributed by atoms with van der Waals surface area (Å²) in [6.07, 6.45) is -0.0393. The van der Waals surface area contributed by atoms with Crippen LogP contribution in [0.5, 0.6) is 0 Å². The van der Waals surface area contributed by atoms with Gasteiger partial charge in [0.15, 0.2) is 5.17 Å². The number of carbonyl (C=O) groups excluding carboxylic acids is 2. The number of nitrogens with one attached hydrogen (secondary N) is 1. The molecule has 1 unspecified atom stereocenters. The summed E-state index contributed by atoms with van der Waals surface area (Å²) in [6.45, 7) is 0.268. The van der Waals surface area contributed by atoms with Crippen molar-refractivity contribution in [3.63, 3.8) is 0 Å². The standard InChI is InChI=1S/C25H19Cl2N3O4S/c26-17-6-4-15(5-7-17)14-30-22(31)13-21(35-25(30)29-19-10-8-18(27)9-11-19)23(32)28-20-3-1-2-16(12-20)24(33)34/h1-12,21H,13-14H2,(H,28,32)(H,33,34). The number of nitrogens with zero attached hydrogens (tertiary/aromatic N) is 2. The molecule has 1 aliphatic rings. The van der Waals surface area contributed by atoms with Crippen LogP contribution in [0.4, 0.5) is 11.4 Å². The average Bonchev–Trinajstić information content (AvgIpc) is 2.84.